The van der Waals surface area contributed by atoms with Crippen molar-refractivity contribution < 1.29 is 18.0 Å². The predicted molar refractivity (Wildman–Crippen MR) is 79.9 cm³/mol. The molecule has 0 aromatic carbocycles. The molecular formula is C15H23F3N4O. The van der Waals surface area contributed by atoms with Crippen molar-refractivity contribution in [3.05, 3.63) is 18.2 Å². The number of hydrogen-bond donors (Lipinski definition) is 0. The normalized spacial score (nSPS) is 16.7. The average molecular weight is 332 g/mol. The van der Waals surface area contributed by atoms with Gasteiger partial charge in [-0.1, -0.05) is 0 Å². The minimum Gasteiger partial charge on any atom is -0.344 e. The van der Waals surface area contributed by atoms with Crippen molar-refractivity contribution in [1.29, 1.82) is 0 Å². The van der Waals surface area contributed by atoms with Crippen LogP contribution in [0.25, 0.3) is 0 Å². The summed E-state index contributed by atoms with van der Waals surface area (Å²) in [5.41, 5.74) is 0. The van der Waals surface area contributed by atoms with E-state index in [1.807, 2.05) is 7.05 Å². The number of amides is 1. The van der Waals surface area contributed by atoms with E-state index in [1.54, 1.807) is 7.05 Å². The second kappa shape index (κ2) is 6.90. The van der Waals surface area contributed by atoms with Crippen LogP contribution in [0.2, 0.25) is 0 Å². The molecule has 0 unspecified atom stereocenters. The Bertz CT molecular complexity index is 539. The van der Waals surface area contributed by atoms with Gasteiger partial charge in [0.05, 0.1) is 0 Å². The number of aryl methyl sites for hydroxylation is 1. The highest BCUT2D eigenvalue weighted by Gasteiger charge is 2.44. The molecule has 1 heterocycles. The van der Waals surface area contributed by atoms with Crippen LogP contribution in [-0.2, 0) is 11.8 Å². The van der Waals surface area contributed by atoms with Crippen LogP contribution in [0.15, 0.2) is 12.4 Å². The Hall–Kier alpha value is -1.57. The van der Waals surface area contributed by atoms with Crippen LogP contribution in [0.5, 0.6) is 0 Å². The van der Waals surface area contributed by atoms with E-state index in [4.69, 9.17) is 0 Å². The third-order valence-electron chi connectivity index (χ3n) is 4.33. The summed E-state index contributed by atoms with van der Waals surface area (Å²) in [7, 11) is 5.02. The first kappa shape index (κ1) is 17.8. The zero-order chi connectivity index (χ0) is 17.2. The van der Waals surface area contributed by atoms with Crippen LogP contribution < -0.4 is 0 Å². The van der Waals surface area contributed by atoms with E-state index in [2.05, 4.69) is 9.88 Å². The van der Waals surface area contributed by atoms with Crippen molar-refractivity contribution in [2.45, 2.75) is 37.4 Å². The van der Waals surface area contributed by atoms with Gasteiger partial charge in [0.1, 0.15) is 11.7 Å². The number of hydrogen-bond acceptors (Lipinski definition) is 3. The van der Waals surface area contributed by atoms with Crippen molar-refractivity contribution in [3.8, 4) is 0 Å². The van der Waals surface area contributed by atoms with Crippen LogP contribution in [0.1, 0.15) is 31.0 Å². The zero-order valence-electron chi connectivity index (χ0n) is 13.7. The van der Waals surface area contributed by atoms with Gasteiger partial charge < -0.3 is 14.4 Å². The number of imidazole rings is 1. The molecule has 5 nitrogen and oxygen atoms in total. The fourth-order valence-electron chi connectivity index (χ4n) is 2.53. The topological polar surface area (TPSA) is 41.4 Å². The lowest BCUT2D eigenvalue weighted by molar-refractivity contribution is -0.161. The smallest absolute Gasteiger partial charge is 0.344 e. The maximum atomic E-state index is 13.3. The molecule has 23 heavy (non-hydrogen) atoms. The highest BCUT2D eigenvalue weighted by atomic mass is 19.4. The molecule has 0 bridgehead atoms. The maximum absolute atomic E-state index is 13.3. The van der Waals surface area contributed by atoms with Crippen LogP contribution in [0.3, 0.4) is 0 Å². The van der Waals surface area contributed by atoms with Crippen LogP contribution in [0, 0.1) is 0 Å². The Labute approximate surface area is 134 Å². The molecule has 0 radical (unpaired) electrons. The fraction of sp³-hybridized carbons (Fsp3) is 0.733. The summed E-state index contributed by atoms with van der Waals surface area (Å²) >= 11 is 0. The van der Waals surface area contributed by atoms with Crippen LogP contribution in [0.4, 0.5) is 13.2 Å². The third kappa shape index (κ3) is 4.70. The number of carbonyl (C=O) groups excluding carboxylic acids is 1. The predicted octanol–water partition coefficient (Wildman–Crippen LogP) is 2.01. The number of likely N-dealkylation sites (N-methyl/N-ethyl adjacent to an activating group) is 2. The first-order chi connectivity index (χ1) is 10.7. The van der Waals surface area contributed by atoms with Gasteiger partial charge in [-0.3, -0.25) is 4.79 Å². The monoisotopic (exact) mass is 332 g/mol. The SMILES string of the molecule is CN(CCN(C)C1CC1)C(=O)C[C@@H](c1nccn1C)C(F)(F)F. The lowest BCUT2D eigenvalue weighted by Crippen LogP contribution is -2.37. The van der Waals surface area contributed by atoms with E-state index in [0.717, 1.165) is 12.8 Å². The molecule has 2 rings (SSSR count). The van der Waals surface area contributed by atoms with Crippen molar-refractivity contribution >= 4 is 5.91 Å². The first-order valence-electron chi connectivity index (χ1n) is 7.68. The Morgan fingerprint density at radius 2 is 2.04 bits per heavy atom. The molecule has 1 amide bonds. The molecule has 0 spiro atoms. The van der Waals surface area contributed by atoms with Gasteiger partial charge in [0.2, 0.25) is 5.91 Å². The molecule has 1 saturated carbocycles. The summed E-state index contributed by atoms with van der Waals surface area (Å²) in [5, 5.41) is 0. The largest absolute Gasteiger partial charge is 0.399 e. The number of nitrogens with zero attached hydrogens (tertiary/aromatic N) is 4. The number of carbonyl (C=O) groups is 1. The van der Waals surface area contributed by atoms with E-state index in [-0.39, 0.29) is 5.82 Å². The minimum absolute atomic E-state index is 0.130. The highest BCUT2D eigenvalue weighted by molar-refractivity contribution is 5.76. The molecule has 1 aliphatic carbocycles. The second-order valence-electron chi connectivity index (χ2n) is 6.22. The summed E-state index contributed by atoms with van der Waals surface area (Å²) in [6.07, 6.45) is -0.0366. The van der Waals surface area contributed by atoms with Gasteiger partial charge in [-0.05, 0) is 19.9 Å². The van der Waals surface area contributed by atoms with Gasteiger partial charge in [0.15, 0.2) is 0 Å². The van der Waals surface area contributed by atoms with Crippen molar-refractivity contribution in [2.24, 2.45) is 7.05 Å². The van der Waals surface area contributed by atoms with Gasteiger partial charge in [-0.15, -0.1) is 0 Å². The number of halogens is 3. The lowest BCUT2D eigenvalue weighted by atomic mass is 10.0. The molecule has 130 valence electrons. The molecule has 1 aliphatic rings. The van der Waals surface area contributed by atoms with Crippen LogP contribution in [-0.4, -0.2) is 64.7 Å². The van der Waals surface area contributed by atoms with Gasteiger partial charge in [0.25, 0.3) is 0 Å². The molecular weight excluding hydrogens is 309 g/mol. The quantitative estimate of drug-likeness (QED) is 0.767. The fourth-order valence-corrected chi connectivity index (χ4v) is 2.53. The Morgan fingerprint density at radius 1 is 1.39 bits per heavy atom. The van der Waals surface area contributed by atoms with E-state index < -0.39 is 24.4 Å². The van der Waals surface area contributed by atoms with Gasteiger partial charge >= 0.3 is 6.18 Å². The average Bonchev–Trinajstić information content (AvgIpc) is 3.23. The zero-order valence-corrected chi connectivity index (χ0v) is 13.7. The van der Waals surface area contributed by atoms with E-state index in [9.17, 15) is 18.0 Å². The van der Waals surface area contributed by atoms with E-state index >= 15 is 0 Å². The Kier molecular flexibility index (Phi) is 5.33. The minimum atomic E-state index is -4.50. The number of rotatable bonds is 7. The van der Waals surface area contributed by atoms with E-state index in [0.29, 0.717) is 19.1 Å². The molecule has 0 N–H and O–H groups in total. The third-order valence-corrected chi connectivity index (χ3v) is 4.33. The molecule has 0 saturated heterocycles. The number of alkyl halides is 3. The standard InChI is InChI=1S/C15H23F3N4O/c1-20(11-4-5-11)8-9-21(2)13(23)10-12(15(16,17)18)14-19-6-7-22(14)3/h6-7,11-12H,4-5,8-10H2,1-3H3/t12-/m0/s1. The highest BCUT2D eigenvalue weighted by Crippen LogP contribution is 2.36. The second-order valence-corrected chi connectivity index (χ2v) is 6.22. The summed E-state index contributed by atoms with van der Waals surface area (Å²) in [6, 6.07) is 0.564. The van der Waals surface area contributed by atoms with Crippen molar-refractivity contribution in [1.82, 2.24) is 19.4 Å². The number of aromatic nitrogens is 2. The summed E-state index contributed by atoms with van der Waals surface area (Å²) in [5.74, 6) is -2.52. The van der Waals surface area contributed by atoms with Crippen LogP contribution >= 0.6 is 0 Å². The van der Waals surface area contributed by atoms with Gasteiger partial charge in [-0.2, -0.15) is 13.2 Å². The molecule has 1 atom stereocenters. The molecule has 1 aromatic rings. The maximum Gasteiger partial charge on any atom is 0.399 e. The lowest BCUT2D eigenvalue weighted by Gasteiger charge is -2.25. The van der Waals surface area contributed by atoms with Gasteiger partial charge in [0, 0.05) is 52.0 Å². The first-order valence-corrected chi connectivity index (χ1v) is 7.68. The van der Waals surface area contributed by atoms with Gasteiger partial charge in [-0.25, -0.2) is 4.98 Å². The summed E-state index contributed by atoms with van der Waals surface area (Å²) in [4.78, 5) is 19.5. The molecule has 0 aliphatic heterocycles. The Balaban J connectivity index is 1.95. The molecule has 8 heteroatoms. The van der Waals surface area contributed by atoms with Crippen molar-refractivity contribution in [2.75, 3.05) is 27.2 Å². The Morgan fingerprint density at radius 3 is 2.52 bits per heavy atom. The summed E-state index contributed by atoms with van der Waals surface area (Å²) < 4.78 is 41.2. The van der Waals surface area contributed by atoms with Crippen molar-refractivity contribution in [3.63, 3.8) is 0 Å². The molecule has 1 aromatic heterocycles. The summed E-state index contributed by atoms with van der Waals surface area (Å²) in [6.45, 7) is 1.10. The van der Waals surface area contributed by atoms with E-state index in [1.165, 1.54) is 28.9 Å². The molecule has 1 fully saturated rings.